The molecule has 1 aromatic rings. The second-order valence-electron chi connectivity index (χ2n) is 3.66. The number of halogens is 1. The first-order valence-corrected chi connectivity index (χ1v) is 8.29. The van der Waals surface area contributed by atoms with Gasteiger partial charge in [-0.2, -0.15) is 0 Å². The van der Waals surface area contributed by atoms with Gasteiger partial charge in [-0.05, 0) is 35.8 Å². The Balaban J connectivity index is 2.89. The minimum Gasteiger partial charge on any atom is -0.393 e. The minimum atomic E-state index is -3.50. The summed E-state index contributed by atoms with van der Waals surface area (Å²) in [6.45, 7) is 3.50. The fraction of sp³-hybridized carbons (Fsp3) is 0.444. The van der Waals surface area contributed by atoms with E-state index in [-0.39, 0.29) is 6.04 Å². The molecule has 96 valence electrons. The monoisotopic (exact) mass is 356 g/mol. The first-order valence-electron chi connectivity index (χ1n) is 4.79. The van der Waals surface area contributed by atoms with Crippen LogP contribution < -0.4 is 10.5 Å². The molecule has 1 unspecified atom stereocenters. The summed E-state index contributed by atoms with van der Waals surface area (Å²) in [7, 11) is -3.50. The SMILES string of the molecule is Cc1sc(Br)cc1S(=O)(=O)NC(C)CC(N)=S. The predicted octanol–water partition coefficient (Wildman–Crippen LogP) is 2.16. The number of sulfonamides is 1. The molecule has 0 amide bonds. The van der Waals surface area contributed by atoms with Gasteiger partial charge in [0.1, 0.15) is 0 Å². The number of hydrogen-bond acceptors (Lipinski definition) is 4. The number of thiocarbonyl (C=S) groups is 1. The lowest BCUT2D eigenvalue weighted by Gasteiger charge is -2.13. The van der Waals surface area contributed by atoms with Crippen LogP contribution in [-0.2, 0) is 10.0 Å². The van der Waals surface area contributed by atoms with Crippen LogP contribution >= 0.6 is 39.5 Å². The van der Waals surface area contributed by atoms with Crippen molar-refractivity contribution in [1.82, 2.24) is 4.72 Å². The lowest BCUT2D eigenvalue weighted by Crippen LogP contribution is -2.35. The van der Waals surface area contributed by atoms with Crippen molar-refractivity contribution in [2.75, 3.05) is 0 Å². The van der Waals surface area contributed by atoms with Gasteiger partial charge in [0.05, 0.1) is 13.7 Å². The summed E-state index contributed by atoms with van der Waals surface area (Å²) in [5.41, 5.74) is 5.38. The minimum absolute atomic E-state index is 0.295. The van der Waals surface area contributed by atoms with E-state index in [2.05, 4.69) is 20.7 Å². The van der Waals surface area contributed by atoms with Crippen molar-refractivity contribution in [1.29, 1.82) is 0 Å². The van der Waals surface area contributed by atoms with Gasteiger partial charge in [-0.3, -0.25) is 0 Å². The van der Waals surface area contributed by atoms with Crippen LogP contribution in [0.4, 0.5) is 0 Å². The normalized spacial score (nSPS) is 13.6. The van der Waals surface area contributed by atoms with Crippen LogP contribution in [0.25, 0.3) is 0 Å². The van der Waals surface area contributed by atoms with Crippen molar-refractivity contribution in [3.63, 3.8) is 0 Å². The molecule has 1 heterocycles. The lowest BCUT2D eigenvalue weighted by atomic mass is 10.3. The summed E-state index contributed by atoms with van der Waals surface area (Å²) >= 11 is 9.40. The summed E-state index contributed by atoms with van der Waals surface area (Å²) in [6, 6.07) is 1.28. The number of nitrogens with two attached hydrogens (primary N) is 1. The molecule has 0 aromatic carbocycles. The number of rotatable bonds is 5. The second kappa shape index (κ2) is 5.75. The molecule has 0 aliphatic carbocycles. The maximum atomic E-state index is 12.0. The quantitative estimate of drug-likeness (QED) is 0.793. The topological polar surface area (TPSA) is 72.2 Å². The fourth-order valence-electron chi connectivity index (χ4n) is 1.37. The number of nitrogens with one attached hydrogen (secondary N) is 1. The van der Waals surface area contributed by atoms with Crippen LogP contribution in [-0.4, -0.2) is 19.4 Å². The molecule has 0 fully saturated rings. The summed E-state index contributed by atoms with van der Waals surface area (Å²) in [4.78, 5) is 1.33. The van der Waals surface area contributed by atoms with E-state index < -0.39 is 10.0 Å². The van der Waals surface area contributed by atoms with E-state index in [1.54, 1.807) is 19.9 Å². The Bertz CT molecular complexity index is 524. The van der Waals surface area contributed by atoms with Gasteiger partial charge in [0, 0.05) is 17.3 Å². The van der Waals surface area contributed by atoms with E-state index in [9.17, 15) is 8.42 Å². The Morgan fingerprint density at radius 3 is 2.71 bits per heavy atom. The highest BCUT2D eigenvalue weighted by Crippen LogP contribution is 2.29. The maximum Gasteiger partial charge on any atom is 0.241 e. The van der Waals surface area contributed by atoms with E-state index in [4.69, 9.17) is 18.0 Å². The molecule has 3 N–H and O–H groups in total. The highest BCUT2D eigenvalue weighted by Gasteiger charge is 2.21. The molecular formula is C9H13BrN2O2S3. The van der Waals surface area contributed by atoms with Gasteiger partial charge in [0.2, 0.25) is 10.0 Å². The Kier molecular flexibility index (Phi) is 5.08. The Morgan fingerprint density at radius 2 is 2.29 bits per heavy atom. The second-order valence-corrected chi connectivity index (χ2v) is 8.51. The predicted molar refractivity (Wildman–Crippen MR) is 77.9 cm³/mol. The third-order valence-corrected chi connectivity index (χ3v) is 5.56. The van der Waals surface area contributed by atoms with Crippen molar-refractivity contribution in [2.45, 2.75) is 31.2 Å². The average molecular weight is 357 g/mol. The van der Waals surface area contributed by atoms with Gasteiger partial charge in [-0.25, -0.2) is 13.1 Å². The van der Waals surface area contributed by atoms with Crippen molar-refractivity contribution in [3.8, 4) is 0 Å². The van der Waals surface area contributed by atoms with Gasteiger partial charge in [0.15, 0.2) is 0 Å². The molecule has 0 spiro atoms. The largest absolute Gasteiger partial charge is 0.393 e. The van der Waals surface area contributed by atoms with Crippen LogP contribution in [0.15, 0.2) is 14.7 Å². The van der Waals surface area contributed by atoms with Gasteiger partial charge < -0.3 is 5.73 Å². The third kappa shape index (κ3) is 4.29. The smallest absolute Gasteiger partial charge is 0.241 e. The molecular weight excluding hydrogens is 344 g/mol. The Hall–Kier alpha value is -0.0200. The summed E-state index contributed by atoms with van der Waals surface area (Å²) in [5.74, 6) is 0. The summed E-state index contributed by atoms with van der Waals surface area (Å²) < 4.78 is 27.4. The van der Waals surface area contributed by atoms with E-state index in [0.29, 0.717) is 16.3 Å². The Labute approximate surface area is 119 Å². The summed E-state index contributed by atoms with van der Waals surface area (Å²) in [6.07, 6.45) is 0.346. The summed E-state index contributed by atoms with van der Waals surface area (Å²) in [5, 5.41) is 0. The molecule has 0 saturated carbocycles. The molecule has 0 aliphatic rings. The Morgan fingerprint density at radius 1 is 1.71 bits per heavy atom. The third-order valence-electron chi connectivity index (χ3n) is 2.00. The van der Waals surface area contributed by atoms with Crippen LogP contribution in [0.1, 0.15) is 18.2 Å². The molecule has 0 bridgehead atoms. The van der Waals surface area contributed by atoms with Crippen molar-refractivity contribution in [2.24, 2.45) is 5.73 Å². The average Bonchev–Trinajstić information content (AvgIpc) is 2.42. The first-order chi connectivity index (χ1) is 7.72. The van der Waals surface area contributed by atoms with Gasteiger partial charge in [0.25, 0.3) is 0 Å². The molecule has 8 heteroatoms. The van der Waals surface area contributed by atoms with Crippen LogP contribution in [0.3, 0.4) is 0 Å². The number of hydrogen-bond donors (Lipinski definition) is 2. The molecule has 0 aliphatic heterocycles. The van der Waals surface area contributed by atoms with Crippen molar-refractivity contribution in [3.05, 3.63) is 14.7 Å². The number of aryl methyl sites for hydroxylation is 1. The van der Waals surface area contributed by atoms with E-state index in [0.717, 1.165) is 8.66 Å². The molecule has 0 radical (unpaired) electrons. The molecule has 1 aromatic heterocycles. The van der Waals surface area contributed by atoms with Crippen LogP contribution in [0.5, 0.6) is 0 Å². The zero-order chi connectivity index (χ0) is 13.2. The lowest BCUT2D eigenvalue weighted by molar-refractivity contribution is 0.565. The molecule has 0 saturated heterocycles. The van der Waals surface area contributed by atoms with Gasteiger partial charge in [-0.15, -0.1) is 11.3 Å². The van der Waals surface area contributed by atoms with Gasteiger partial charge >= 0.3 is 0 Å². The van der Waals surface area contributed by atoms with E-state index in [1.165, 1.54) is 11.3 Å². The van der Waals surface area contributed by atoms with Crippen molar-refractivity contribution >= 4 is 54.5 Å². The number of thiophene rings is 1. The molecule has 1 rings (SSSR count). The fourth-order valence-corrected chi connectivity index (χ4v) is 5.28. The van der Waals surface area contributed by atoms with Crippen LogP contribution in [0, 0.1) is 6.92 Å². The molecule has 17 heavy (non-hydrogen) atoms. The van der Waals surface area contributed by atoms with E-state index in [1.807, 2.05) is 0 Å². The highest BCUT2D eigenvalue weighted by atomic mass is 79.9. The van der Waals surface area contributed by atoms with Crippen molar-refractivity contribution < 1.29 is 8.42 Å². The standard InChI is InChI=1S/C9H13BrN2O2S3/c1-5(3-9(11)15)12-17(13,14)7-4-8(10)16-6(7)2/h4-5,12H,3H2,1-2H3,(H2,11,15). The highest BCUT2D eigenvalue weighted by molar-refractivity contribution is 9.11. The maximum absolute atomic E-state index is 12.0. The van der Waals surface area contributed by atoms with Gasteiger partial charge in [-0.1, -0.05) is 12.2 Å². The van der Waals surface area contributed by atoms with Crippen LogP contribution in [0.2, 0.25) is 0 Å². The van der Waals surface area contributed by atoms with E-state index >= 15 is 0 Å². The molecule has 4 nitrogen and oxygen atoms in total. The zero-order valence-electron chi connectivity index (χ0n) is 9.36. The molecule has 1 atom stereocenters. The zero-order valence-corrected chi connectivity index (χ0v) is 13.4. The first kappa shape index (κ1) is 15.0.